The average Bonchev–Trinajstić information content (AvgIpc) is 2.75. The number of thiazole rings is 1. The molecule has 1 N–H and O–H groups in total. The SMILES string of the molecule is Cc1nc(-c2ccc(NC3CC(C)C3)cc2)cs1. The number of rotatable bonds is 3. The Balaban J connectivity index is 1.69. The van der Waals surface area contributed by atoms with Crippen LogP contribution in [0.2, 0.25) is 0 Å². The summed E-state index contributed by atoms with van der Waals surface area (Å²) in [4.78, 5) is 4.51. The van der Waals surface area contributed by atoms with Crippen LogP contribution in [0.4, 0.5) is 5.69 Å². The summed E-state index contributed by atoms with van der Waals surface area (Å²) in [6.07, 6.45) is 2.60. The van der Waals surface area contributed by atoms with E-state index in [1.165, 1.54) is 24.1 Å². The molecule has 1 aromatic carbocycles. The predicted octanol–water partition coefficient (Wildman–Crippen LogP) is 4.33. The van der Waals surface area contributed by atoms with Crippen LogP contribution in [0.1, 0.15) is 24.8 Å². The van der Waals surface area contributed by atoms with Gasteiger partial charge in [0.05, 0.1) is 10.7 Å². The monoisotopic (exact) mass is 258 g/mol. The number of anilines is 1. The Morgan fingerprint density at radius 3 is 2.50 bits per heavy atom. The Hall–Kier alpha value is -1.35. The van der Waals surface area contributed by atoms with Gasteiger partial charge >= 0.3 is 0 Å². The molecule has 3 rings (SSSR count). The van der Waals surface area contributed by atoms with Gasteiger partial charge in [-0.15, -0.1) is 11.3 Å². The fourth-order valence-corrected chi connectivity index (χ4v) is 3.11. The normalized spacial score (nSPS) is 22.6. The van der Waals surface area contributed by atoms with E-state index in [1.807, 2.05) is 6.92 Å². The minimum atomic E-state index is 0.673. The van der Waals surface area contributed by atoms with Crippen molar-refractivity contribution in [3.63, 3.8) is 0 Å². The first-order valence-electron chi connectivity index (χ1n) is 6.50. The van der Waals surface area contributed by atoms with Crippen molar-refractivity contribution >= 4 is 17.0 Å². The maximum atomic E-state index is 4.51. The van der Waals surface area contributed by atoms with Crippen LogP contribution in [0.5, 0.6) is 0 Å². The van der Waals surface area contributed by atoms with Gasteiger partial charge in [-0.2, -0.15) is 0 Å². The molecule has 1 fully saturated rings. The summed E-state index contributed by atoms with van der Waals surface area (Å²) in [7, 11) is 0. The molecule has 0 saturated heterocycles. The summed E-state index contributed by atoms with van der Waals surface area (Å²) in [5, 5.41) is 6.81. The Labute approximate surface area is 112 Å². The minimum Gasteiger partial charge on any atom is -0.382 e. The van der Waals surface area contributed by atoms with Gasteiger partial charge in [0, 0.05) is 22.7 Å². The lowest BCUT2D eigenvalue weighted by molar-refractivity contribution is 0.309. The van der Waals surface area contributed by atoms with Crippen molar-refractivity contribution in [1.82, 2.24) is 4.98 Å². The lowest BCUT2D eigenvalue weighted by Crippen LogP contribution is -2.33. The first-order valence-corrected chi connectivity index (χ1v) is 7.38. The van der Waals surface area contributed by atoms with E-state index in [0.717, 1.165) is 16.6 Å². The molecule has 0 spiro atoms. The molecular weight excluding hydrogens is 240 g/mol. The molecule has 2 aromatic rings. The first-order chi connectivity index (χ1) is 8.70. The molecule has 18 heavy (non-hydrogen) atoms. The van der Waals surface area contributed by atoms with E-state index in [4.69, 9.17) is 0 Å². The lowest BCUT2D eigenvalue weighted by Gasteiger charge is -2.34. The molecule has 0 radical (unpaired) electrons. The number of nitrogens with one attached hydrogen (secondary N) is 1. The number of aromatic nitrogens is 1. The van der Waals surface area contributed by atoms with E-state index >= 15 is 0 Å². The quantitative estimate of drug-likeness (QED) is 0.886. The van der Waals surface area contributed by atoms with Crippen molar-refractivity contribution in [2.24, 2.45) is 5.92 Å². The van der Waals surface area contributed by atoms with E-state index in [9.17, 15) is 0 Å². The smallest absolute Gasteiger partial charge is 0.0901 e. The maximum Gasteiger partial charge on any atom is 0.0901 e. The van der Waals surface area contributed by atoms with Crippen molar-refractivity contribution in [2.75, 3.05) is 5.32 Å². The van der Waals surface area contributed by atoms with E-state index in [1.54, 1.807) is 11.3 Å². The van der Waals surface area contributed by atoms with Gasteiger partial charge in [-0.1, -0.05) is 19.1 Å². The van der Waals surface area contributed by atoms with Crippen molar-refractivity contribution in [2.45, 2.75) is 32.7 Å². The van der Waals surface area contributed by atoms with E-state index in [-0.39, 0.29) is 0 Å². The molecule has 0 aliphatic heterocycles. The summed E-state index contributed by atoms with van der Waals surface area (Å²) in [5.74, 6) is 0.889. The number of nitrogens with zero attached hydrogens (tertiary/aromatic N) is 1. The molecule has 3 heteroatoms. The average molecular weight is 258 g/mol. The third-order valence-electron chi connectivity index (χ3n) is 3.54. The van der Waals surface area contributed by atoms with Crippen LogP contribution < -0.4 is 5.32 Å². The van der Waals surface area contributed by atoms with E-state index < -0.39 is 0 Å². The molecule has 0 amide bonds. The van der Waals surface area contributed by atoms with Gasteiger partial charge in [-0.05, 0) is 37.8 Å². The van der Waals surface area contributed by atoms with Crippen LogP contribution in [0.25, 0.3) is 11.3 Å². The highest BCUT2D eigenvalue weighted by molar-refractivity contribution is 7.09. The third-order valence-corrected chi connectivity index (χ3v) is 4.32. The second-order valence-corrected chi connectivity index (χ2v) is 6.31. The zero-order chi connectivity index (χ0) is 12.5. The molecule has 1 aliphatic rings. The van der Waals surface area contributed by atoms with Gasteiger partial charge < -0.3 is 5.32 Å². The van der Waals surface area contributed by atoms with Gasteiger partial charge in [0.15, 0.2) is 0 Å². The van der Waals surface area contributed by atoms with Crippen molar-refractivity contribution in [3.05, 3.63) is 34.7 Å². The zero-order valence-electron chi connectivity index (χ0n) is 10.8. The van der Waals surface area contributed by atoms with Crippen LogP contribution >= 0.6 is 11.3 Å². The molecule has 1 saturated carbocycles. The summed E-state index contributed by atoms with van der Waals surface area (Å²) >= 11 is 1.70. The molecule has 94 valence electrons. The van der Waals surface area contributed by atoms with Gasteiger partial charge in [-0.3, -0.25) is 0 Å². The number of hydrogen-bond acceptors (Lipinski definition) is 3. The highest BCUT2D eigenvalue weighted by atomic mass is 32.1. The predicted molar refractivity (Wildman–Crippen MR) is 78.1 cm³/mol. The fourth-order valence-electron chi connectivity index (χ4n) is 2.49. The number of aryl methyl sites for hydroxylation is 1. The second-order valence-electron chi connectivity index (χ2n) is 5.25. The summed E-state index contributed by atoms with van der Waals surface area (Å²) in [6, 6.07) is 9.30. The van der Waals surface area contributed by atoms with E-state index in [0.29, 0.717) is 6.04 Å². The van der Waals surface area contributed by atoms with Crippen LogP contribution in [0, 0.1) is 12.8 Å². The van der Waals surface area contributed by atoms with Gasteiger partial charge in [0.25, 0.3) is 0 Å². The van der Waals surface area contributed by atoms with Crippen molar-refractivity contribution < 1.29 is 0 Å². The van der Waals surface area contributed by atoms with Crippen LogP contribution in [-0.2, 0) is 0 Å². The Morgan fingerprint density at radius 1 is 1.22 bits per heavy atom. The van der Waals surface area contributed by atoms with Crippen LogP contribution in [0.15, 0.2) is 29.6 Å². The van der Waals surface area contributed by atoms with Gasteiger partial charge in [-0.25, -0.2) is 4.98 Å². The molecule has 0 bridgehead atoms. The highest BCUT2D eigenvalue weighted by Crippen LogP contribution is 2.30. The largest absolute Gasteiger partial charge is 0.382 e. The lowest BCUT2D eigenvalue weighted by atomic mass is 9.82. The molecule has 1 aliphatic carbocycles. The maximum absolute atomic E-state index is 4.51. The summed E-state index contributed by atoms with van der Waals surface area (Å²) < 4.78 is 0. The van der Waals surface area contributed by atoms with Crippen LogP contribution in [0.3, 0.4) is 0 Å². The topological polar surface area (TPSA) is 24.9 Å². The zero-order valence-corrected chi connectivity index (χ0v) is 11.6. The Kier molecular flexibility index (Phi) is 3.08. The van der Waals surface area contributed by atoms with Crippen molar-refractivity contribution in [1.29, 1.82) is 0 Å². The number of hydrogen-bond donors (Lipinski definition) is 1. The van der Waals surface area contributed by atoms with Gasteiger partial charge in [0.1, 0.15) is 0 Å². The molecule has 2 nitrogen and oxygen atoms in total. The highest BCUT2D eigenvalue weighted by Gasteiger charge is 2.24. The molecule has 1 heterocycles. The fraction of sp³-hybridized carbons (Fsp3) is 0.400. The number of benzene rings is 1. The molecule has 0 unspecified atom stereocenters. The second kappa shape index (κ2) is 4.73. The van der Waals surface area contributed by atoms with Crippen LogP contribution in [-0.4, -0.2) is 11.0 Å². The first kappa shape index (κ1) is 11.7. The minimum absolute atomic E-state index is 0.673. The van der Waals surface area contributed by atoms with Gasteiger partial charge in [0.2, 0.25) is 0 Å². The molecular formula is C15H18N2S. The molecule has 1 aromatic heterocycles. The van der Waals surface area contributed by atoms with Crippen molar-refractivity contribution in [3.8, 4) is 11.3 Å². The standard InChI is InChI=1S/C15H18N2S/c1-10-7-14(8-10)17-13-5-3-12(4-6-13)15-9-18-11(2)16-15/h3-6,9-10,14,17H,7-8H2,1-2H3. The third kappa shape index (κ3) is 2.41. The Morgan fingerprint density at radius 2 is 1.94 bits per heavy atom. The van der Waals surface area contributed by atoms with E-state index in [2.05, 4.69) is 46.9 Å². The molecule has 0 atom stereocenters. The Bertz CT molecular complexity index is 524. The summed E-state index contributed by atoms with van der Waals surface area (Å²) in [5.41, 5.74) is 3.51. The summed E-state index contributed by atoms with van der Waals surface area (Å²) in [6.45, 7) is 4.35.